The third-order valence-electron chi connectivity index (χ3n) is 2.46. The monoisotopic (exact) mass is 238 g/mol. The first-order valence-corrected chi connectivity index (χ1v) is 5.37. The Hall–Kier alpha value is -1.55. The van der Waals surface area contributed by atoms with E-state index in [4.69, 9.17) is 9.47 Å². The standard InChI is InChI=1S/C13H18O4/c1-9-11(16-4)5-10(7-14)6-12(9)17-13(2,3)8-15/h5-7,15H,8H2,1-4H3. The van der Waals surface area contributed by atoms with Gasteiger partial charge in [-0.1, -0.05) is 0 Å². The maximum Gasteiger partial charge on any atom is 0.150 e. The highest BCUT2D eigenvalue weighted by Crippen LogP contribution is 2.31. The highest BCUT2D eigenvalue weighted by molar-refractivity contribution is 5.77. The zero-order valence-electron chi connectivity index (χ0n) is 10.6. The zero-order valence-corrected chi connectivity index (χ0v) is 10.6. The minimum Gasteiger partial charge on any atom is -0.496 e. The van der Waals surface area contributed by atoms with Crippen molar-refractivity contribution >= 4 is 6.29 Å². The van der Waals surface area contributed by atoms with E-state index in [2.05, 4.69) is 0 Å². The summed E-state index contributed by atoms with van der Waals surface area (Å²) in [6.07, 6.45) is 0.737. The third kappa shape index (κ3) is 3.20. The van der Waals surface area contributed by atoms with Gasteiger partial charge in [0.1, 0.15) is 23.4 Å². The van der Waals surface area contributed by atoms with Gasteiger partial charge in [-0.2, -0.15) is 0 Å². The molecule has 94 valence electrons. The molecule has 0 heterocycles. The van der Waals surface area contributed by atoms with Crippen molar-refractivity contribution in [2.75, 3.05) is 13.7 Å². The van der Waals surface area contributed by atoms with Gasteiger partial charge in [-0.15, -0.1) is 0 Å². The quantitative estimate of drug-likeness (QED) is 0.797. The fourth-order valence-corrected chi connectivity index (χ4v) is 1.40. The average molecular weight is 238 g/mol. The summed E-state index contributed by atoms with van der Waals surface area (Å²) in [5, 5.41) is 9.17. The molecule has 1 aromatic carbocycles. The number of methoxy groups -OCH3 is 1. The molecule has 0 aliphatic heterocycles. The first kappa shape index (κ1) is 13.5. The van der Waals surface area contributed by atoms with Crippen LogP contribution < -0.4 is 9.47 Å². The number of ether oxygens (including phenoxy) is 2. The smallest absolute Gasteiger partial charge is 0.150 e. The number of benzene rings is 1. The van der Waals surface area contributed by atoms with Gasteiger partial charge in [0.25, 0.3) is 0 Å². The molecular weight excluding hydrogens is 220 g/mol. The first-order chi connectivity index (χ1) is 7.93. The molecule has 0 radical (unpaired) electrons. The second-order valence-electron chi connectivity index (χ2n) is 4.48. The van der Waals surface area contributed by atoms with E-state index in [0.29, 0.717) is 17.1 Å². The van der Waals surface area contributed by atoms with Crippen LogP contribution in [0.15, 0.2) is 12.1 Å². The van der Waals surface area contributed by atoms with E-state index < -0.39 is 5.60 Å². The summed E-state index contributed by atoms with van der Waals surface area (Å²) in [6.45, 7) is 5.27. The minimum absolute atomic E-state index is 0.111. The molecule has 0 aliphatic carbocycles. The molecule has 0 spiro atoms. The summed E-state index contributed by atoms with van der Waals surface area (Å²) in [7, 11) is 1.54. The molecule has 0 amide bonds. The van der Waals surface area contributed by atoms with Crippen LogP contribution in [-0.4, -0.2) is 30.7 Å². The van der Waals surface area contributed by atoms with Crippen LogP contribution in [0.25, 0.3) is 0 Å². The van der Waals surface area contributed by atoms with Crippen LogP contribution in [0, 0.1) is 6.92 Å². The van der Waals surface area contributed by atoms with Gasteiger partial charge in [-0.05, 0) is 32.9 Å². The van der Waals surface area contributed by atoms with Gasteiger partial charge in [0.05, 0.1) is 13.7 Å². The van der Waals surface area contributed by atoms with Crippen molar-refractivity contribution in [1.29, 1.82) is 0 Å². The van der Waals surface area contributed by atoms with Crippen LogP contribution in [0.4, 0.5) is 0 Å². The molecule has 0 unspecified atom stereocenters. The predicted octanol–water partition coefficient (Wildman–Crippen LogP) is 1.97. The Morgan fingerprint density at radius 2 is 1.94 bits per heavy atom. The van der Waals surface area contributed by atoms with Crippen molar-refractivity contribution < 1.29 is 19.4 Å². The second kappa shape index (κ2) is 5.19. The van der Waals surface area contributed by atoms with Crippen LogP contribution >= 0.6 is 0 Å². The number of carbonyl (C=O) groups is 1. The fraction of sp³-hybridized carbons (Fsp3) is 0.462. The number of hydrogen-bond acceptors (Lipinski definition) is 4. The number of aliphatic hydroxyl groups excluding tert-OH is 1. The normalized spacial score (nSPS) is 11.1. The van der Waals surface area contributed by atoms with Gasteiger partial charge >= 0.3 is 0 Å². The van der Waals surface area contributed by atoms with Crippen LogP contribution in [0.1, 0.15) is 29.8 Å². The zero-order chi connectivity index (χ0) is 13.1. The lowest BCUT2D eigenvalue weighted by Crippen LogP contribution is -2.32. The average Bonchev–Trinajstić information content (AvgIpc) is 2.31. The Kier molecular flexibility index (Phi) is 4.12. The molecule has 0 aromatic heterocycles. The number of aliphatic hydroxyl groups is 1. The molecule has 1 N–H and O–H groups in total. The molecule has 0 saturated carbocycles. The topological polar surface area (TPSA) is 55.8 Å². The van der Waals surface area contributed by atoms with Gasteiger partial charge in [-0.3, -0.25) is 4.79 Å². The molecule has 1 aromatic rings. The molecule has 0 saturated heterocycles. The van der Waals surface area contributed by atoms with Crippen molar-refractivity contribution in [1.82, 2.24) is 0 Å². The van der Waals surface area contributed by atoms with Crippen molar-refractivity contribution in [3.63, 3.8) is 0 Å². The minimum atomic E-state index is -0.697. The van der Waals surface area contributed by atoms with Crippen molar-refractivity contribution in [2.45, 2.75) is 26.4 Å². The fourth-order valence-electron chi connectivity index (χ4n) is 1.40. The van der Waals surface area contributed by atoms with Crippen LogP contribution in [-0.2, 0) is 0 Å². The molecule has 4 nitrogen and oxygen atoms in total. The second-order valence-corrected chi connectivity index (χ2v) is 4.48. The predicted molar refractivity (Wildman–Crippen MR) is 64.9 cm³/mol. The highest BCUT2D eigenvalue weighted by Gasteiger charge is 2.20. The van der Waals surface area contributed by atoms with Gasteiger partial charge < -0.3 is 14.6 Å². The summed E-state index contributed by atoms with van der Waals surface area (Å²) in [5.41, 5.74) is 0.591. The molecule has 0 fully saturated rings. The van der Waals surface area contributed by atoms with E-state index in [0.717, 1.165) is 11.8 Å². The lowest BCUT2D eigenvalue weighted by Gasteiger charge is -2.25. The highest BCUT2D eigenvalue weighted by atomic mass is 16.5. The van der Waals surface area contributed by atoms with E-state index in [9.17, 15) is 9.90 Å². The molecule has 0 atom stereocenters. The molecule has 0 aliphatic rings. The van der Waals surface area contributed by atoms with Gasteiger partial charge in [0.2, 0.25) is 0 Å². The van der Waals surface area contributed by atoms with Crippen molar-refractivity contribution in [2.24, 2.45) is 0 Å². The Bertz CT molecular complexity index is 410. The van der Waals surface area contributed by atoms with E-state index >= 15 is 0 Å². The van der Waals surface area contributed by atoms with Gasteiger partial charge in [0, 0.05) is 11.1 Å². The molecular formula is C13H18O4. The third-order valence-corrected chi connectivity index (χ3v) is 2.46. The Morgan fingerprint density at radius 1 is 1.35 bits per heavy atom. The van der Waals surface area contributed by atoms with Crippen LogP contribution in [0.2, 0.25) is 0 Å². The Morgan fingerprint density at radius 3 is 2.41 bits per heavy atom. The van der Waals surface area contributed by atoms with Gasteiger partial charge in [-0.25, -0.2) is 0 Å². The van der Waals surface area contributed by atoms with Crippen molar-refractivity contribution in [3.05, 3.63) is 23.3 Å². The van der Waals surface area contributed by atoms with Gasteiger partial charge in [0.15, 0.2) is 0 Å². The first-order valence-electron chi connectivity index (χ1n) is 5.37. The maximum atomic E-state index is 10.8. The molecule has 4 heteroatoms. The molecule has 0 bridgehead atoms. The number of hydrogen-bond donors (Lipinski definition) is 1. The number of rotatable bonds is 5. The lowest BCUT2D eigenvalue weighted by atomic mass is 10.1. The largest absolute Gasteiger partial charge is 0.496 e. The van der Waals surface area contributed by atoms with E-state index in [1.54, 1.807) is 26.0 Å². The maximum absolute atomic E-state index is 10.8. The molecule has 17 heavy (non-hydrogen) atoms. The van der Waals surface area contributed by atoms with E-state index in [-0.39, 0.29) is 6.61 Å². The number of aldehydes is 1. The summed E-state index contributed by atoms with van der Waals surface area (Å²) in [6, 6.07) is 3.30. The summed E-state index contributed by atoms with van der Waals surface area (Å²) in [5.74, 6) is 1.14. The van der Waals surface area contributed by atoms with Crippen LogP contribution in [0.5, 0.6) is 11.5 Å². The SMILES string of the molecule is COc1cc(C=O)cc(OC(C)(C)CO)c1C. The van der Waals surface area contributed by atoms with Crippen LogP contribution in [0.3, 0.4) is 0 Å². The Labute approximate surface area is 101 Å². The Balaban J connectivity index is 3.18. The summed E-state index contributed by atoms with van der Waals surface area (Å²) in [4.78, 5) is 10.8. The van der Waals surface area contributed by atoms with E-state index in [1.165, 1.54) is 7.11 Å². The van der Waals surface area contributed by atoms with E-state index in [1.807, 2.05) is 6.92 Å². The summed E-state index contributed by atoms with van der Waals surface area (Å²) >= 11 is 0. The van der Waals surface area contributed by atoms with Crippen molar-refractivity contribution in [3.8, 4) is 11.5 Å². The molecule has 1 rings (SSSR count). The summed E-state index contributed by atoms with van der Waals surface area (Å²) < 4.78 is 10.9. The lowest BCUT2D eigenvalue weighted by molar-refractivity contribution is 0.0404. The number of carbonyl (C=O) groups excluding carboxylic acids is 1.